The van der Waals surface area contributed by atoms with Crippen LogP contribution in [0.4, 0.5) is 11.8 Å². The molecule has 1 aliphatic heterocycles. The number of hydrogen-bond donors (Lipinski definition) is 2. The van der Waals surface area contributed by atoms with Crippen molar-refractivity contribution < 1.29 is 9.53 Å². The van der Waals surface area contributed by atoms with Gasteiger partial charge in [-0.05, 0) is 18.8 Å². The molecule has 104 valence electrons. The van der Waals surface area contributed by atoms with Crippen LogP contribution in [0.5, 0.6) is 5.88 Å². The Hall–Kier alpha value is -2.05. The summed E-state index contributed by atoms with van der Waals surface area (Å²) in [5.74, 6) is 1.57. The maximum absolute atomic E-state index is 10.9. The van der Waals surface area contributed by atoms with E-state index in [-0.39, 0.29) is 11.9 Å². The van der Waals surface area contributed by atoms with Crippen molar-refractivity contribution >= 4 is 17.7 Å². The van der Waals surface area contributed by atoms with E-state index in [2.05, 4.69) is 14.9 Å². The third kappa shape index (κ3) is 3.46. The molecule has 7 heteroatoms. The number of carbonyl (C=O) groups excluding carboxylic acids is 1. The molecule has 1 fully saturated rings. The molecule has 2 heterocycles. The Kier molecular flexibility index (Phi) is 4.03. The standard InChI is InChI=1S/C12H19N5O2/c1-19-11-7-10(15-12(14)16-11)17-4-2-8(3-5-17)6-9(13)18/h7-8H,2-6H2,1H3,(H2,13,18)(H2,14,15,16). The second-order valence-corrected chi connectivity index (χ2v) is 4.73. The summed E-state index contributed by atoms with van der Waals surface area (Å²) < 4.78 is 5.08. The van der Waals surface area contributed by atoms with Gasteiger partial charge < -0.3 is 21.1 Å². The van der Waals surface area contributed by atoms with Gasteiger partial charge in [-0.15, -0.1) is 0 Å². The second kappa shape index (κ2) is 5.73. The number of carbonyl (C=O) groups is 1. The highest BCUT2D eigenvalue weighted by molar-refractivity contribution is 5.74. The summed E-state index contributed by atoms with van der Waals surface area (Å²) in [7, 11) is 1.55. The van der Waals surface area contributed by atoms with Crippen LogP contribution in [0, 0.1) is 5.92 Å². The van der Waals surface area contributed by atoms with Gasteiger partial charge in [0.15, 0.2) is 0 Å². The molecular formula is C12H19N5O2. The fraction of sp³-hybridized carbons (Fsp3) is 0.583. The molecule has 1 aromatic rings. The molecule has 7 nitrogen and oxygen atoms in total. The summed E-state index contributed by atoms with van der Waals surface area (Å²) in [6.07, 6.45) is 2.31. The molecule has 1 aromatic heterocycles. The molecule has 0 saturated carbocycles. The first-order valence-electron chi connectivity index (χ1n) is 6.30. The normalized spacial score (nSPS) is 16.4. The van der Waals surface area contributed by atoms with E-state index in [0.717, 1.165) is 31.7 Å². The summed E-state index contributed by atoms with van der Waals surface area (Å²) in [6, 6.07) is 1.77. The van der Waals surface area contributed by atoms with Crippen LogP contribution in [0.25, 0.3) is 0 Å². The second-order valence-electron chi connectivity index (χ2n) is 4.73. The Morgan fingerprint density at radius 3 is 2.74 bits per heavy atom. The third-order valence-corrected chi connectivity index (χ3v) is 3.34. The minimum atomic E-state index is -0.230. The molecule has 0 aromatic carbocycles. The molecule has 0 aliphatic carbocycles. The smallest absolute Gasteiger partial charge is 0.225 e. The van der Waals surface area contributed by atoms with Crippen LogP contribution in [0.1, 0.15) is 19.3 Å². The highest BCUT2D eigenvalue weighted by Crippen LogP contribution is 2.25. The number of rotatable bonds is 4. The Balaban J connectivity index is 2.01. The summed E-state index contributed by atoms with van der Waals surface area (Å²) >= 11 is 0. The molecule has 1 aliphatic rings. The Bertz CT molecular complexity index is 457. The van der Waals surface area contributed by atoms with E-state index < -0.39 is 0 Å². The number of hydrogen-bond acceptors (Lipinski definition) is 6. The number of anilines is 2. The van der Waals surface area contributed by atoms with Crippen molar-refractivity contribution in [3.8, 4) is 5.88 Å². The van der Waals surface area contributed by atoms with Crippen LogP contribution in [-0.2, 0) is 4.79 Å². The van der Waals surface area contributed by atoms with Crippen LogP contribution in [0.3, 0.4) is 0 Å². The monoisotopic (exact) mass is 265 g/mol. The van der Waals surface area contributed by atoms with Crippen molar-refractivity contribution in [1.82, 2.24) is 9.97 Å². The Labute approximate surface area is 111 Å². The molecule has 19 heavy (non-hydrogen) atoms. The summed E-state index contributed by atoms with van der Waals surface area (Å²) in [6.45, 7) is 1.66. The van der Waals surface area contributed by atoms with Crippen molar-refractivity contribution in [2.24, 2.45) is 11.7 Å². The van der Waals surface area contributed by atoms with Gasteiger partial charge in [-0.2, -0.15) is 9.97 Å². The van der Waals surface area contributed by atoms with Gasteiger partial charge in [0.2, 0.25) is 17.7 Å². The lowest BCUT2D eigenvalue weighted by Gasteiger charge is -2.32. The predicted octanol–water partition coefficient (Wildman–Crippen LogP) is 0.159. The lowest BCUT2D eigenvalue weighted by Crippen LogP contribution is -2.35. The average Bonchev–Trinajstić information content (AvgIpc) is 2.38. The van der Waals surface area contributed by atoms with Crippen molar-refractivity contribution in [3.05, 3.63) is 6.07 Å². The molecule has 0 bridgehead atoms. The fourth-order valence-corrected chi connectivity index (χ4v) is 2.35. The number of ether oxygens (including phenoxy) is 1. The zero-order valence-electron chi connectivity index (χ0n) is 11.0. The number of methoxy groups -OCH3 is 1. The van der Waals surface area contributed by atoms with Crippen LogP contribution in [0.15, 0.2) is 6.07 Å². The third-order valence-electron chi connectivity index (χ3n) is 3.34. The first kappa shape index (κ1) is 13.4. The minimum absolute atomic E-state index is 0.202. The van der Waals surface area contributed by atoms with Gasteiger partial charge in [-0.3, -0.25) is 4.79 Å². The maximum atomic E-state index is 10.9. The number of nitrogens with zero attached hydrogens (tertiary/aromatic N) is 3. The minimum Gasteiger partial charge on any atom is -0.481 e. The zero-order valence-corrected chi connectivity index (χ0v) is 11.0. The van der Waals surface area contributed by atoms with E-state index in [1.54, 1.807) is 13.2 Å². The highest BCUT2D eigenvalue weighted by atomic mass is 16.5. The van der Waals surface area contributed by atoms with Crippen LogP contribution >= 0.6 is 0 Å². The van der Waals surface area contributed by atoms with Gasteiger partial charge in [-0.25, -0.2) is 0 Å². The quantitative estimate of drug-likeness (QED) is 0.803. The number of amides is 1. The SMILES string of the molecule is COc1cc(N2CCC(CC(N)=O)CC2)nc(N)n1. The molecule has 0 unspecified atom stereocenters. The molecule has 1 saturated heterocycles. The van der Waals surface area contributed by atoms with Crippen LogP contribution < -0.4 is 21.1 Å². The molecule has 0 spiro atoms. The average molecular weight is 265 g/mol. The number of nitrogens with two attached hydrogens (primary N) is 2. The number of aromatic nitrogens is 2. The molecule has 4 N–H and O–H groups in total. The highest BCUT2D eigenvalue weighted by Gasteiger charge is 2.22. The number of nitrogen functional groups attached to an aromatic ring is 1. The topological polar surface area (TPSA) is 107 Å². The lowest BCUT2D eigenvalue weighted by atomic mass is 9.93. The van der Waals surface area contributed by atoms with Gasteiger partial charge in [0.1, 0.15) is 5.82 Å². The van der Waals surface area contributed by atoms with E-state index in [1.807, 2.05) is 0 Å². The van der Waals surface area contributed by atoms with E-state index in [0.29, 0.717) is 18.2 Å². The van der Waals surface area contributed by atoms with Gasteiger partial charge >= 0.3 is 0 Å². The maximum Gasteiger partial charge on any atom is 0.225 e. The van der Waals surface area contributed by atoms with Gasteiger partial charge in [0.05, 0.1) is 7.11 Å². The Morgan fingerprint density at radius 2 is 2.16 bits per heavy atom. The van der Waals surface area contributed by atoms with Crippen LogP contribution in [-0.4, -0.2) is 36.1 Å². The van der Waals surface area contributed by atoms with Gasteiger partial charge in [-0.1, -0.05) is 0 Å². The van der Waals surface area contributed by atoms with E-state index in [1.165, 1.54) is 0 Å². The first-order chi connectivity index (χ1) is 9.08. The van der Waals surface area contributed by atoms with Crippen molar-refractivity contribution in [2.45, 2.75) is 19.3 Å². The fourth-order valence-electron chi connectivity index (χ4n) is 2.35. The van der Waals surface area contributed by atoms with Crippen molar-refractivity contribution in [1.29, 1.82) is 0 Å². The molecule has 0 atom stereocenters. The van der Waals surface area contributed by atoms with E-state index >= 15 is 0 Å². The molecule has 0 radical (unpaired) electrons. The van der Waals surface area contributed by atoms with E-state index in [4.69, 9.17) is 16.2 Å². The van der Waals surface area contributed by atoms with Crippen molar-refractivity contribution in [2.75, 3.05) is 30.8 Å². The summed E-state index contributed by atoms with van der Waals surface area (Å²) in [5, 5.41) is 0. The predicted molar refractivity (Wildman–Crippen MR) is 71.7 cm³/mol. The molecule has 1 amide bonds. The lowest BCUT2D eigenvalue weighted by molar-refractivity contribution is -0.119. The summed E-state index contributed by atoms with van der Waals surface area (Å²) in [5.41, 5.74) is 10.9. The molecular weight excluding hydrogens is 246 g/mol. The number of piperidine rings is 1. The van der Waals surface area contributed by atoms with Gasteiger partial charge in [0.25, 0.3) is 0 Å². The largest absolute Gasteiger partial charge is 0.481 e. The zero-order chi connectivity index (χ0) is 13.8. The molecule has 2 rings (SSSR count). The van der Waals surface area contributed by atoms with Crippen LogP contribution in [0.2, 0.25) is 0 Å². The number of primary amides is 1. The summed E-state index contributed by atoms with van der Waals surface area (Å²) in [4.78, 5) is 21.2. The Morgan fingerprint density at radius 1 is 1.47 bits per heavy atom. The van der Waals surface area contributed by atoms with Crippen molar-refractivity contribution in [3.63, 3.8) is 0 Å². The first-order valence-corrected chi connectivity index (χ1v) is 6.30. The van der Waals surface area contributed by atoms with Gasteiger partial charge in [0, 0.05) is 25.6 Å². The van der Waals surface area contributed by atoms with E-state index in [9.17, 15) is 4.79 Å².